The molecule has 1 aromatic heterocycles. The molecule has 1 aliphatic carbocycles. The van der Waals surface area contributed by atoms with Crippen LogP contribution in [0.1, 0.15) is 56.3 Å². The van der Waals surface area contributed by atoms with E-state index in [1.165, 1.54) is 0 Å². The molecular formula is C11H18N2O3. The molecule has 1 fully saturated rings. The van der Waals surface area contributed by atoms with Crippen LogP contribution in [0.3, 0.4) is 0 Å². The molecule has 0 amide bonds. The van der Waals surface area contributed by atoms with Crippen LogP contribution in [-0.4, -0.2) is 28.5 Å². The fourth-order valence-corrected chi connectivity index (χ4v) is 2.01. The first-order valence-electron chi connectivity index (χ1n) is 5.75. The molecule has 1 unspecified atom stereocenters. The second-order valence-corrected chi connectivity index (χ2v) is 4.37. The van der Waals surface area contributed by atoms with Crippen molar-refractivity contribution in [3.8, 4) is 0 Å². The van der Waals surface area contributed by atoms with Crippen molar-refractivity contribution in [2.45, 2.75) is 50.7 Å². The Kier molecular flexibility index (Phi) is 3.56. The Hall–Kier alpha value is -0.940. The summed E-state index contributed by atoms with van der Waals surface area (Å²) < 4.78 is 10.4. The van der Waals surface area contributed by atoms with Gasteiger partial charge in [0.2, 0.25) is 5.89 Å². The maximum absolute atomic E-state index is 9.42. The molecule has 1 N–H and O–H groups in total. The number of rotatable bonds is 3. The third kappa shape index (κ3) is 2.41. The molecule has 0 aromatic carbocycles. The van der Waals surface area contributed by atoms with Gasteiger partial charge in [-0.2, -0.15) is 4.98 Å². The highest BCUT2D eigenvalue weighted by molar-refractivity contribution is 4.97. The van der Waals surface area contributed by atoms with E-state index in [-0.39, 0.29) is 12.2 Å². The van der Waals surface area contributed by atoms with Crippen LogP contribution in [0.5, 0.6) is 0 Å². The zero-order valence-electron chi connectivity index (χ0n) is 9.72. The molecule has 1 atom stereocenters. The first kappa shape index (κ1) is 11.5. The molecular weight excluding hydrogens is 208 g/mol. The van der Waals surface area contributed by atoms with Gasteiger partial charge in [0.25, 0.3) is 0 Å². The van der Waals surface area contributed by atoms with Gasteiger partial charge < -0.3 is 14.4 Å². The van der Waals surface area contributed by atoms with E-state index in [0.29, 0.717) is 17.6 Å². The van der Waals surface area contributed by atoms with Crippen molar-refractivity contribution in [1.29, 1.82) is 0 Å². The molecule has 0 aliphatic heterocycles. The number of methoxy groups -OCH3 is 1. The Labute approximate surface area is 94.8 Å². The summed E-state index contributed by atoms with van der Waals surface area (Å²) in [6.45, 7) is 1.89. The summed E-state index contributed by atoms with van der Waals surface area (Å²) in [6.07, 6.45) is 3.20. The van der Waals surface area contributed by atoms with Gasteiger partial charge in [0.1, 0.15) is 6.10 Å². The van der Waals surface area contributed by atoms with Crippen LogP contribution in [0, 0.1) is 0 Å². The van der Waals surface area contributed by atoms with Gasteiger partial charge in [-0.25, -0.2) is 0 Å². The Balaban J connectivity index is 2.01. The third-order valence-corrected chi connectivity index (χ3v) is 3.22. The summed E-state index contributed by atoms with van der Waals surface area (Å²) in [6, 6.07) is 0. The Morgan fingerprint density at radius 3 is 2.69 bits per heavy atom. The lowest BCUT2D eigenvalue weighted by molar-refractivity contribution is 0.109. The maximum Gasteiger partial charge on any atom is 0.229 e. The third-order valence-electron chi connectivity index (χ3n) is 3.22. The minimum atomic E-state index is -0.156. The first-order chi connectivity index (χ1) is 7.70. The lowest BCUT2D eigenvalue weighted by atomic mass is 9.87. The minimum absolute atomic E-state index is 0.133. The molecule has 90 valence electrons. The molecule has 0 saturated heterocycles. The van der Waals surface area contributed by atoms with Crippen molar-refractivity contribution < 1.29 is 14.4 Å². The van der Waals surface area contributed by atoms with E-state index < -0.39 is 0 Å². The van der Waals surface area contributed by atoms with Crippen molar-refractivity contribution in [2.24, 2.45) is 0 Å². The summed E-state index contributed by atoms with van der Waals surface area (Å²) >= 11 is 0. The van der Waals surface area contributed by atoms with Gasteiger partial charge >= 0.3 is 0 Å². The number of nitrogens with zero attached hydrogens (tertiary/aromatic N) is 2. The predicted molar refractivity (Wildman–Crippen MR) is 56.9 cm³/mol. The molecule has 1 heterocycles. The highest BCUT2D eigenvalue weighted by atomic mass is 16.5. The van der Waals surface area contributed by atoms with Crippen molar-refractivity contribution in [1.82, 2.24) is 10.1 Å². The zero-order chi connectivity index (χ0) is 11.5. The fourth-order valence-electron chi connectivity index (χ4n) is 2.01. The predicted octanol–water partition coefficient (Wildman–Crippen LogP) is 1.80. The van der Waals surface area contributed by atoms with Gasteiger partial charge in [-0.15, -0.1) is 0 Å². The molecule has 0 radical (unpaired) electrons. The Bertz CT molecular complexity index is 332. The van der Waals surface area contributed by atoms with Gasteiger partial charge in [0.05, 0.1) is 6.10 Å². The molecule has 0 spiro atoms. The number of ether oxygens (including phenoxy) is 1. The molecule has 1 aliphatic rings. The Morgan fingerprint density at radius 1 is 1.38 bits per heavy atom. The summed E-state index contributed by atoms with van der Waals surface area (Å²) in [5, 5.41) is 13.3. The Morgan fingerprint density at radius 2 is 2.06 bits per heavy atom. The number of hydrogen-bond acceptors (Lipinski definition) is 5. The SMILES string of the molecule is COC(C)c1noc(C2CCC(O)CC2)n1. The van der Waals surface area contributed by atoms with E-state index in [2.05, 4.69) is 10.1 Å². The number of hydrogen-bond donors (Lipinski definition) is 1. The average molecular weight is 226 g/mol. The monoisotopic (exact) mass is 226 g/mol. The highest BCUT2D eigenvalue weighted by Gasteiger charge is 2.26. The summed E-state index contributed by atoms with van der Waals surface area (Å²) in [5.41, 5.74) is 0. The minimum Gasteiger partial charge on any atom is -0.393 e. The molecule has 5 nitrogen and oxygen atoms in total. The van der Waals surface area contributed by atoms with Gasteiger partial charge in [0.15, 0.2) is 5.82 Å². The molecule has 5 heteroatoms. The number of aliphatic hydroxyl groups is 1. The zero-order valence-corrected chi connectivity index (χ0v) is 9.72. The summed E-state index contributed by atoms with van der Waals surface area (Å²) in [5.74, 6) is 1.59. The van der Waals surface area contributed by atoms with Crippen LogP contribution < -0.4 is 0 Å². The van der Waals surface area contributed by atoms with E-state index in [1.807, 2.05) is 6.92 Å². The van der Waals surface area contributed by atoms with Crippen molar-refractivity contribution in [3.63, 3.8) is 0 Å². The van der Waals surface area contributed by atoms with E-state index in [1.54, 1.807) is 7.11 Å². The topological polar surface area (TPSA) is 68.4 Å². The van der Waals surface area contributed by atoms with Crippen LogP contribution in [-0.2, 0) is 4.74 Å². The second kappa shape index (κ2) is 4.93. The van der Waals surface area contributed by atoms with Gasteiger partial charge in [-0.3, -0.25) is 0 Å². The lowest BCUT2D eigenvalue weighted by Gasteiger charge is -2.22. The van der Waals surface area contributed by atoms with Crippen molar-refractivity contribution >= 4 is 0 Å². The maximum atomic E-state index is 9.42. The molecule has 16 heavy (non-hydrogen) atoms. The molecule has 1 aromatic rings. The molecule has 2 rings (SSSR count). The second-order valence-electron chi connectivity index (χ2n) is 4.37. The van der Waals surface area contributed by atoms with Crippen molar-refractivity contribution in [3.05, 3.63) is 11.7 Å². The smallest absolute Gasteiger partial charge is 0.229 e. The van der Waals surface area contributed by atoms with Crippen LogP contribution in [0.2, 0.25) is 0 Å². The average Bonchev–Trinajstić information content (AvgIpc) is 2.78. The van der Waals surface area contributed by atoms with Crippen LogP contribution in [0.4, 0.5) is 0 Å². The van der Waals surface area contributed by atoms with Gasteiger partial charge in [0, 0.05) is 13.0 Å². The van der Waals surface area contributed by atoms with E-state index in [9.17, 15) is 5.11 Å². The molecule has 1 saturated carbocycles. The first-order valence-corrected chi connectivity index (χ1v) is 5.75. The normalized spacial score (nSPS) is 27.9. The quantitative estimate of drug-likeness (QED) is 0.851. The summed E-state index contributed by atoms with van der Waals surface area (Å²) in [4.78, 5) is 4.35. The highest BCUT2D eigenvalue weighted by Crippen LogP contribution is 2.32. The standard InChI is InChI=1S/C11H18N2O3/c1-7(15-2)10-12-11(16-13-10)8-3-5-9(14)6-4-8/h7-9,14H,3-6H2,1-2H3. The van der Waals surface area contributed by atoms with Crippen molar-refractivity contribution in [2.75, 3.05) is 7.11 Å². The van der Waals surface area contributed by atoms with Crippen LogP contribution in [0.15, 0.2) is 4.52 Å². The van der Waals surface area contributed by atoms with Gasteiger partial charge in [-0.1, -0.05) is 5.16 Å². The summed E-state index contributed by atoms with van der Waals surface area (Å²) in [7, 11) is 1.62. The fraction of sp³-hybridized carbons (Fsp3) is 0.818. The van der Waals surface area contributed by atoms with Gasteiger partial charge in [-0.05, 0) is 32.6 Å². The lowest BCUT2D eigenvalue weighted by Crippen LogP contribution is -2.17. The van der Waals surface area contributed by atoms with E-state index in [4.69, 9.17) is 9.26 Å². The van der Waals surface area contributed by atoms with Crippen LogP contribution >= 0.6 is 0 Å². The number of aliphatic hydroxyl groups excluding tert-OH is 1. The van der Waals surface area contributed by atoms with Crippen LogP contribution in [0.25, 0.3) is 0 Å². The van der Waals surface area contributed by atoms with E-state index in [0.717, 1.165) is 25.7 Å². The molecule has 0 bridgehead atoms. The number of aromatic nitrogens is 2. The van der Waals surface area contributed by atoms with E-state index >= 15 is 0 Å². The largest absolute Gasteiger partial charge is 0.393 e.